The van der Waals surface area contributed by atoms with Gasteiger partial charge in [0.1, 0.15) is 0 Å². The Bertz CT molecular complexity index is 971. The number of aryl methyl sites for hydroxylation is 1. The number of likely N-dealkylation sites (N-methyl/N-ethyl adjacent to an activating group) is 1. The highest BCUT2D eigenvalue weighted by Gasteiger charge is 2.28. The monoisotopic (exact) mass is 449 g/mol. The van der Waals surface area contributed by atoms with Crippen molar-refractivity contribution < 1.29 is 9.59 Å². The molecule has 0 aliphatic carbocycles. The number of para-hydroxylation sites is 1. The SMILES string of the molecule is Cc1cccc(NC(=O)N2CCCC(C(=O)NCc3ccccc3N3CCN(C)CC3)C2)c1. The molecule has 7 nitrogen and oxygen atoms in total. The second kappa shape index (κ2) is 10.7. The molecule has 2 aromatic carbocycles. The number of carbonyl (C=O) groups is 2. The van der Waals surface area contributed by atoms with Gasteiger partial charge >= 0.3 is 6.03 Å². The van der Waals surface area contributed by atoms with Crippen molar-refractivity contribution in [2.45, 2.75) is 26.3 Å². The number of hydrogen-bond acceptors (Lipinski definition) is 4. The number of likely N-dealkylation sites (tertiary alicyclic amines) is 1. The number of carbonyl (C=O) groups excluding carboxylic acids is 2. The maximum Gasteiger partial charge on any atom is 0.321 e. The second-order valence-corrected chi connectivity index (χ2v) is 9.22. The summed E-state index contributed by atoms with van der Waals surface area (Å²) in [5.74, 6) is -0.158. The van der Waals surface area contributed by atoms with E-state index >= 15 is 0 Å². The molecule has 2 aromatic rings. The molecule has 1 atom stereocenters. The van der Waals surface area contributed by atoms with Gasteiger partial charge in [0.05, 0.1) is 5.92 Å². The summed E-state index contributed by atoms with van der Waals surface area (Å²) >= 11 is 0. The van der Waals surface area contributed by atoms with Crippen LogP contribution in [-0.4, -0.2) is 68.1 Å². The lowest BCUT2D eigenvalue weighted by Gasteiger charge is -2.35. The van der Waals surface area contributed by atoms with Crippen LogP contribution in [0.1, 0.15) is 24.0 Å². The van der Waals surface area contributed by atoms with Crippen LogP contribution in [0.15, 0.2) is 48.5 Å². The summed E-state index contributed by atoms with van der Waals surface area (Å²) < 4.78 is 0. The molecule has 3 amide bonds. The first-order chi connectivity index (χ1) is 16.0. The van der Waals surface area contributed by atoms with Gasteiger partial charge in [0.25, 0.3) is 0 Å². The first-order valence-electron chi connectivity index (χ1n) is 11.9. The van der Waals surface area contributed by atoms with Gasteiger partial charge in [0.2, 0.25) is 5.91 Å². The smallest absolute Gasteiger partial charge is 0.321 e. The van der Waals surface area contributed by atoms with Gasteiger partial charge in [0.15, 0.2) is 0 Å². The predicted octanol–water partition coefficient (Wildman–Crippen LogP) is 3.31. The van der Waals surface area contributed by atoms with Crippen molar-refractivity contribution in [3.63, 3.8) is 0 Å². The molecule has 0 aromatic heterocycles. The van der Waals surface area contributed by atoms with Gasteiger partial charge in [-0.3, -0.25) is 4.79 Å². The molecular formula is C26H35N5O2. The van der Waals surface area contributed by atoms with Gasteiger partial charge in [-0.2, -0.15) is 0 Å². The number of nitrogens with one attached hydrogen (secondary N) is 2. The molecule has 1 unspecified atom stereocenters. The van der Waals surface area contributed by atoms with Crippen molar-refractivity contribution in [3.8, 4) is 0 Å². The molecule has 2 N–H and O–H groups in total. The molecule has 4 rings (SSSR count). The van der Waals surface area contributed by atoms with Crippen molar-refractivity contribution in [2.75, 3.05) is 56.5 Å². The third-order valence-corrected chi connectivity index (χ3v) is 6.64. The summed E-state index contributed by atoms with van der Waals surface area (Å²) in [6.45, 7) is 7.71. The van der Waals surface area contributed by atoms with E-state index in [9.17, 15) is 9.59 Å². The van der Waals surface area contributed by atoms with Gasteiger partial charge in [-0.1, -0.05) is 30.3 Å². The Morgan fingerprint density at radius 2 is 1.79 bits per heavy atom. The fourth-order valence-electron chi connectivity index (χ4n) is 4.64. The minimum atomic E-state index is -0.183. The minimum absolute atomic E-state index is 0.0243. The van der Waals surface area contributed by atoms with Gasteiger partial charge in [-0.15, -0.1) is 0 Å². The summed E-state index contributed by atoms with van der Waals surface area (Å²) in [6.07, 6.45) is 1.64. The lowest BCUT2D eigenvalue weighted by molar-refractivity contribution is -0.126. The normalized spacial score (nSPS) is 19.3. The molecule has 7 heteroatoms. The molecule has 0 saturated carbocycles. The Morgan fingerprint density at radius 3 is 2.58 bits per heavy atom. The summed E-state index contributed by atoms with van der Waals surface area (Å²) in [5, 5.41) is 6.10. The van der Waals surface area contributed by atoms with Crippen molar-refractivity contribution in [1.82, 2.24) is 15.1 Å². The van der Waals surface area contributed by atoms with E-state index in [0.29, 0.717) is 19.6 Å². The molecular weight excluding hydrogens is 414 g/mol. The zero-order valence-electron chi connectivity index (χ0n) is 19.7. The lowest BCUT2D eigenvalue weighted by atomic mass is 9.97. The van der Waals surface area contributed by atoms with Gasteiger partial charge in [0, 0.05) is 57.2 Å². The number of piperazine rings is 1. The first kappa shape index (κ1) is 23.1. The van der Waals surface area contributed by atoms with E-state index in [4.69, 9.17) is 0 Å². The van der Waals surface area contributed by atoms with Gasteiger partial charge in [-0.25, -0.2) is 4.79 Å². The molecule has 0 radical (unpaired) electrons. The highest BCUT2D eigenvalue weighted by Crippen LogP contribution is 2.23. The molecule has 2 aliphatic heterocycles. The van der Waals surface area contributed by atoms with Crippen LogP contribution in [0.3, 0.4) is 0 Å². The zero-order valence-corrected chi connectivity index (χ0v) is 19.7. The van der Waals surface area contributed by atoms with E-state index in [1.807, 2.05) is 37.3 Å². The maximum atomic E-state index is 13.0. The van der Waals surface area contributed by atoms with E-state index in [0.717, 1.165) is 55.8 Å². The minimum Gasteiger partial charge on any atom is -0.369 e. The third kappa shape index (κ3) is 6.05. The molecule has 0 spiro atoms. The zero-order chi connectivity index (χ0) is 23.2. The number of anilines is 2. The molecule has 176 valence electrons. The summed E-state index contributed by atoms with van der Waals surface area (Å²) in [4.78, 5) is 32.2. The van der Waals surface area contributed by atoms with Crippen LogP contribution in [0.4, 0.5) is 16.2 Å². The maximum absolute atomic E-state index is 13.0. The number of piperidine rings is 1. The Balaban J connectivity index is 1.32. The number of benzene rings is 2. The van der Waals surface area contributed by atoms with Gasteiger partial charge in [-0.05, 0) is 56.1 Å². The van der Waals surface area contributed by atoms with Crippen LogP contribution in [0.5, 0.6) is 0 Å². The molecule has 0 bridgehead atoms. The van der Waals surface area contributed by atoms with E-state index in [-0.39, 0.29) is 17.9 Å². The second-order valence-electron chi connectivity index (χ2n) is 9.22. The fourth-order valence-corrected chi connectivity index (χ4v) is 4.64. The predicted molar refractivity (Wildman–Crippen MR) is 132 cm³/mol. The van der Waals surface area contributed by atoms with Crippen LogP contribution >= 0.6 is 0 Å². The quantitative estimate of drug-likeness (QED) is 0.735. The first-order valence-corrected chi connectivity index (χ1v) is 11.9. The van der Waals surface area contributed by atoms with Crippen LogP contribution in [0, 0.1) is 12.8 Å². The van der Waals surface area contributed by atoms with E-state index in [2.05, 4.69) is 45.7 Å². The van der Waals surface area contributed by atoms with Crippen LogP contribution < -0.4 is 15.5 Å². The Hall–Kier alpha value is -3.06. The molecule has 33 heavy (non-hydrogen) atoms. The van der Waals surface area contributed by atoms with Crippen molar-refractivity contribution in [3.05, 3.63) is 59.7 Å². The largest absolute Gasteiger partial charge is 0.369 e. The lowest BCUT2D eigenvalue weighted by Crippen LogP contribution is -2.47. The number of urea groups is 1. The van der Waals surface area contributed by atoms with Crippen molar-refractivity contribution in [1.29, 1.82) is 0 Å². The van der Waals surface area contributed by atoms with Crippen LogP contribution in [0.25, 0.3) is 0 Å². The number of hydrogen-bond donors (Lipinski definition) is 2. The Labute approximate surface area is 196 Å². The molecule has 2 heterocycles. The average molecular weight is 450 g/mol. The third-order valence-electron chi connectivity index (χ3n) is 6.64. The van der Waals surface area contributed by atoms with Crippen LogP contribution in [0.2, 0.25) is 0 Å². The van der Waals surface area contributed by atoms with E-state index in [1.54, 1.807) is 4.90 Å². The fraction of sp³-hybridized carbons (Fsp3) is 0.462. The number of nitrogens with zero attached hydrogens (tertiary/aromatic N) is 3. The Kier molecular flexibility index (Phi) is 7.50. The van der Waals surface area contributed by atoms with E-state index < -0.39 is 0 Å². The molecule has 2 aliphatic rings. The van der Waals surface area contributed by atoms with E-state index in [1.165, 1.54) is 5.69 Å². The molecule has 2 saturated heterocycles. The summed E-state index contributed by atoms with van der Waals surface area (Å²) in [5.41, 5.74) is 4.22. The standard InChI is InChI=1S/C26H35N5O2/c1-20-7-5-10-23(17-20)28-26(33)31-12-6-9-22(19-31)25(32)27-18-21-8-3-4-11-24(21)30-15-13-29(2)14-16-30/h3-5,7-8,10-11,17,22H,6,9,12-16,18-19H2,1-2H3,(H,27,32)(H,28,33). The highest BCUT2D eigenvalue weighted by molar-refractivity contribution is 5.90. The van der Waals surface area contributed by atoms with Crippen molar-refractivity contribution >= 4 is 23.3 Å². The topological polar surface area (TPSA) is 67.9 Å². The number of rotatable bonds is 5. The van der Waals surface area contributed by atoms with Crippen molar-refractivity contribution in [2.24, 2.45) is 5.92 Å². The summed E-state index contributed by atoms with van der Waals surface area (Å²) in [7, 11) is 2.15. The Morgan fingerprint density at radius 1 is 1.00 bits per heavy atom. The molecule has 2 fully saturated rings. The number of amides is 3. The summed E-state index contributed by atoms with van der Waals surface area (Å²) in [6, 6.07) is 15.9. The average Bonchev–Trinajstić information content (AvgIpc) is 2.83. The van der Waals surface area contributed by atoms with Gasteiger partial charge < -0.3 is 25.3 Å². The highest BCUT2D eigenvalue weighted by atomic mass is 16.2. The van der Waals surface area contributed by atoms with Crippen LogP contribution in [-0.2, 0) is 11.3 Å².